The summed E-state index contributed by atoms with van der Waals surface area (Å²) in [5, 5.41) is 5.37. The van der Waals surface area contributed by atoms with Crippen LogP contribution in [0.3, 0.4) is 0 Å². The first-order valence-electron chi connectivity index (χ1n) is 41.9. The maximum atomic E-state index is 2.67. The van der Waals surface area contributed by atoms with Crippen LogP contribution in [-0.2, 0) is 39.9 Å². The number of aryl methyl sites for hydroxylation is 2. The number of hydrogen-bond acceptors (Lipinski definition) is 0. The molecule has 0 amide bonds. The Morgan fingerprint density at radius 2 is 0.551 bits per heavy atom. The highest BCUT2D eigenvalue weighted by Crippen LogP contribution is 2.67. The van der Waals surface area contributed by atoms with Gasteiger partial charge in [-0.2, -0.15) is 0 Å². The van der Waals surface area contributed by atoms with E-state index in [1.165, 1.54) is 267 Å². The molecule has 23 rings (SSSR count). The van der Waals surface area contributed by atoms with Crippen LogP contribution >= 0.6 is 0 Å². The molecule has 11 aliphatic rings. The Morgan fingerprint density at radius 3 is 0.953 bits per heavy atom. The second kappa shape index (κ2) is 21.3. The Morgan fingerprint density at radius 1 is 0.243 bits per heavy atom. The van der Waals surface area contributed by atoms with Gasteiger partial charge in [0.25, 0.3) is 0 Å². The minimum Gasteiger partial charge on any atom is -0.0616 e. The number of hydrogen-bond donors (Lipinski definition) is 0. The molecule has 0 nitrogen and oxygen atoms in total. The number of rotatable bonds is 4. The van der Waals surface area contributed by atoms with E-state index in [1.807, 2.05) is 0 Å². The second-order valence-corrected chi connectivity index (χ2v) is 39.5. The molecule has 0 aromatic heterocycles. The minimum absolute atomic E-state index is 0.157. The van der Waals surface area contributed by atoms with Gasteiger partial charge in [0.05, 0.1) is 0 Å². The molecule has 0 spiro atoms. The molecule has 12 aromatic carbocycles. The molecule has 0 heteroatoms. The van der Waals surface area contributed by atoms with Gasteiger partial charge in [-0.25, -0.2) is 0 Å². The van der Waals surface area contributed by atoms with Crippen LogP contribution < -0.4 is 0 Å². The summed E-state index contributed by atoms with van der Waals surface area (Å²) in [4.78, 5) is 0. The molecular formula is C107H102. The van der Waals surface area contributed by atoms with E-state index in [1.54, 1.807) is 22.3 Å². The van der Waals surface area contributed by atoms with Gasteiger partial charge < -0.3 is 0 Å². The standard InChI is InChI=1S/C107H102/c1-101(2)89-49-61(59-25-35-69-63(47-59)31-43-87-73(69)41-33-67-19-17-45-106(67,87)11)27-37-75(89)77-39-29-65(51-91(77)101)81-53-97-99(79-23-15-13-21-71(79)81)85-57-93-83(55-95(85)104(97,7)8)84-56-96-86(58-94(84)103(93,5)6)100-80-24-16-14-22-72(80)82(54-98(100)105(96,9)10)66-30-40-78-76-38-28-62(50-90(76)102(3,4)92(78)52-66)60-26-36-70-64(48-60)32-44-88-74(70)42-34-68-20-18-46-107(68,88)12/h13-16,21-30,35-40,47-58,67-68,73-74,87-88H,17-20,31-34,41-46H2,1-12H3. The summed E-state index contributed by atoms with van der Waals surface area (Å²) < 4.78 is 0. The van der Waals surface area contributed by atoms with Crippen LogP contribution in [0.2, 0.25) is 0 Å². The third-order valence-corrected chi connectivity index (χ3v) is 33.2. The summed E-state index contributed by atoms with van der Waals surface area (Å²) in [6.45, 7) is 30.3. The SMILES string of the molecule is CC1(C)c2cc(-c3ccc4c(c3)CCC3C4CCC4CCCC43C)ccc2-c2ccc(-c3cc4c(c5ccccc35)-c3cc5c(cc3C4(C)C)-c3cc4c(cc3C5(C)C)-c3c(cc(-c5ccc6c(c5)C(C)(C)c5cc(-c7ccc8c(c7)CCC7C8CCC8CCCC87C)ccc5-6)c5ccccc35)C4(C)C)cc21. The summed E-state index contributed by atoms with van der Waals surface area (Å²) in [5.74, 6) is 5.10. The van der Waals surface area contributed by atoms with E-state index in [2.05, 4.69) is 277 Å². The fraction of sp³-hybridized carbons (Fsp3) is 0.364. The van der Waals surface area contributed by atoms with E-state index in [0.29, 0.717) is 10.8 Å². The van der Waals surface area contributed by atoms with Gasteiger partial charge in [-0.05, 0) is 384 Å². The summed E-state index contributed by atoms with van der Waals surface area (Å²) in [7, 11) is 0. The van der Waals surface area contributed by atoms with Gasteiger partial charge in [0.1, 0.15) is 0 Å². The largest absolute Gasteiger partial charge is 0.0616 e. The molecule has 0 aliphatic heterocycles. The molecule has 4 saturated carbocycles. The average molecular weight is 1390 g/mol. The van der Waals surface area contributed by atoms with Crippen molar-refractivity contribution in [3.05, 3.63) is 272 Å². The fourth-order valence-corrected chi connectivity index (χ4v) is 27.2. The lowest BCUT2D eigenvalue weighted by molar-refractivity contribution is 0.0379. The highest BCUT2D eigenvalue weighted by atomic mass is 14.6. The smallest absolute Gasteiger partial charge is 0.0159 e. The van der Waals surface area contributed by atoms with E-state index in [-0.39, 0.29) is 27.1 Å². The van der Waals surface area contributed by atoms with Crippen molar-refractivity contribution in [3.63, 3.8) is 0 Å². The lowest BCUT2D eigenvalue weighted by Gasteiger charge is -2.51. The monoisotopic (exact) mass is 1390 g/mol. The van der Waals surface area contributed by atoms with Gasteiger partial charge in [-0.3, -0.25) is 0 Å². The molecule has 0 bridgehead atoms. The second-order valence-electron chi connectivity index (χ2n) is 39.5. The van der Waals surface area contributed by atoms with E-state index in [4.69, 9.17) is 0 Å². The van der Waals surface area contributed by atoms with Gasteiger partial charge in [0.2, 0.25) is 0 Å². The molecule has 11 aliphatic carbocycles. The van der Waals surface area contributed by atoms with Crippen molar-refractivity contribution < 1.29 is 0 Å². The van der Waals surface area contributed by atoms with Crippen molar-refractivity contribution in [2.75, 3.05) is 0 Å². The third-order valence-electron chi connectivity index (χ3n) is 33.2. The third kappa shape index (κ3) is 8.32. The molecule has 0 N–H and O–H groups in total. The van der Waals surface area contributed by atoms with Gasteiger partial charge in [-0.1, -0.05) is 229 Å². The summed E-state index contributed by atoms with van der Waals surface area (Å²) >= 11 is 0. The normalized spacial score (nSPS) is 26.1. The quantitative estimate of drug-likeness (QED) is 0.165. The Bertz CT molecular complexity index is 5650. The van der Waals surface area contributed by atoms with E-state index in [0.717, 1.165) is 35.5 Å². The van der Waals surface area contributed by atoms with Gasteiger partial charge >= 0.3 is 0 Å². The number of benzene rings is 12. The molecule has 12 aromatic rings. The van der Waals surface area contributed by atoms with E-state index >= 15 is 0 Å². The molecule has 107 heavy (non-hydrogen) atoms. The predicted octanol–water partition coefficient (Wildman–Crippen LogP) is 28.7. The molecule has 8 unspecified atom stereocenters. The van der Waals surface area contributed by atoms with Crippen LogP contribution in [0, 0.1) is 34.5 Å². The first-order chi connectivity index (χ1) is 51.5. The van der Waals surface area contributed by atoms with Crippen LogP contribution in [0.25, 0.3) is 122 Å². The van der Waals surface area contributed by atoms with Crippen molar-refractivity contribution in [3.8, 4) is 100 Å². The Balaban J connectivity index is 0.559. The molecule has 0 heterocycles. The van der Waals surface area contributed by atoms with E-state index < -0.39 is 0 Å². The predicted molar refractivity (Wildman–Crippen MR) is 449 cm³/mol. The fourth-order valence-electron chi connectivity index (χ4n) is 27.2. The van der Waals surface area contributed by atoms with E-state index in [9.17, 15) is 0 Å². The summed E-state index contributed by atoms with van der Waals surface area (Å²) in [6.07, 6.45) is 19.5. The van der Waals surface area contributed by atoms with Crippen molar-refractivity contribution in [1.29, 1.82) is 0 Å². The van der Waals surface area contributed by atoms with Crippen LogP contribution in [0.5, 0.6) is 0 Å². The first-order valence-corrected chi connectivity index (χ1v) is 41.9. The zero-order valence-electron chi connectivity index (χ0n) is 65.3. The zero-order valence-corrected chi connectivity index (χ0v) is 65.3. The molecule has 0 saturated heterocycles. The van der Waals surface area contributed by atoms with Crippen LogP contribution in [-0.4, -0.2) is 0 Å². The van der Waals surface area contributed by atoms with Crippen LogP contribution in [0.15, 0.2) is 194 Å². The van der Waals surface area contributed by atoms with Gasteiger partial charge in [0, 0.05) is 27.1 Å². The lowest BCUT2D eigenvalue weighted by atomic mass is 9.54. The maximum absolute atomic E-state index is 2.67. The molecule has 530 valence electrons. The van der Waals surface area contributed by atoms with Crippen LogP contribution in [0.4, 0.5) is 0 Å². The molecule has 4 fully saturated rings. The maximum Gasteiger partial charge on any atom is 0.0159 e. The molecule has 0 radical (unpaired) electrons. The Hall–Kier alpha value is -8.84. The Kier molecular flexibility index (Phi) is 12.8. The zero-order chi connectivity index (χ0) is 72.3. The average Bonchev–Trinajstić information content (AvgIpc) is 1.52. The minimum atomic E-state index is -0.237. The van der Waals surface area contributed by atoms with Gasteiger partial charge in [-0.15, -0.1) is 0 Å². The molecular weight excluding hydrogens is 1290 g/mol. The van der Waals surface area contributed by atoms with Gasteiger partial charge in [0.15, 0.2) is 0 Å². The summed E-state index contributed by atoms with van der Waals surface area (Å²) in [5.41, 5.74) is 45.8. The number of fused-ring (bicyclic) bond motifs is 29. The van der Waals surface area contributed by atoms with Crippen molar-refractivity contribution in [2.24, 2.45) is 34.5 Å². The highest BCUT2D eigenvalue weighted by Gasteiger charge is 2.54. The van der Waals surface area contributed by atoms with Crippen LogP contribution in [0.1, 0.15) is 250 Å². The summed E-state index contributed by atoms with van der Waals surface area (Å²) in [6, 6.07) is 79.6. The van der Waals surface area contributed by atoms with Crippen molar-refractivity contribution in [2.45, 2.75) is 212 Å². The Labute approximate surface area is 635 Å². The highest BCUT2D eigenvalue weighted by molar-refractivity contribution is 6.12. The first kappa shape index (κ1) is 64.2. The topological polar surface area (TPSA) is 0 Å². The van der Waals surface area contributed by atoms with Crippen molar-refractivity contribution >= 4 is 21.5 Å². The lowest BCUT2D eigenvalue weighted by Crippen LogP contribution is -2.41. The van der Waals surface area contributed by atoms with Crippen molar-refractivity contribution in [1.82, 2.24) is 0 Å². The molecule has 8 atom stereocenters.